The van der Waals surface area contributed by atoms with E-state index >= 15 is 0 Å². The van der Waals surface area contributed by atoms with E-state index in [1.165, 1.54) is 0 Å². The van der Waals surface area contributed by atoms with Crippen LogP contribution in [0.2, 0.25) is 0 Å². The van der Waals surface area contributed by atoms with Crippen LogP contribution in [0.3, 0.4) is 0 Å². The van der Waals surface area contributed by atoms with Crippen molar-refractivity contribution in [3.05, 3.63) is 0 Å². The van der Waals surface area contributed by atoms with Crippen molar-refractivity contribution in [2.24, 2.45) is 0 Å². The normalized spacial score (nSPS) is 34.6. The maximum absolute atomic E-state index is 11.8. The highest BCUT2D eigenvalue weighted by Gasteiger charge is 2.35. The van der Waals surface area contributed by atoms with Crippen LogP contribution in [0.4, 0.5) is 0 Å². The van der Waals surface area contributed by atoms with E-state index in [1.807, 2.05) is 0 Å². The second kappa shape index (κ2) is 14.1. The van der Waals surface area contributed by atoms with Crippen molar-refractivity contribution in [2.75, 3.05) is 39.4 Å². The number of carbonyl (C=O) groups excluding carboxylic acids is 2. The van der Waals surface area contributed by atoms with Crippen LogP contribution in [-0.2, 0) is 28.5 Å². The number of amides is 2. The molecule has 0 bridgehead atoms. The molecule has 192 valence electrons. The monoisotopic (exact) mass is 479 g/mol. The van der Waals surface area contributed by atoms with Gasteiger partial charge in [-0.15, -0.1) is 0 Å². The van der Waals surface area contributed by atoms with Gasteiger partial charge in [0, 0.05) is 25.9 Å². The molecule has 13 heteroatoms. The van der Waals surface area contributed by atoms with Gasteiger partial charge in [0.15, 0.2) is 12.6 Å². The molecule has 0 radical (unpaired) electrons. The molecule has 0 aromatic carbocycles. The third-order valence-electron chi connectivity index (χ3n) is 5.36. The van der Waals surface area contributed by atoms with Crippen LogP contribution >= 0.6 is 0 Å². The second-order valence-electron chi connectivity index (χ2n) is 8.21. The summed E-state index contributed by atoms with van der Waals surface area (Å²) in [5.41, 5.74) is 0. The van der Waals surface area contributed by atoms with Gasteiger partial charge in [0.25, 0.3) is 0 Å². The smallest absolute Gasteiger partial charge is 0.234 e. The van der Waals surface area contributed by atoms with Crippen LogP contribution < -0.4 is 16.0 Å². The minimum atomic E-state index is -0.936. The Morgan fingerprint density at radius 2 is 1.15 bits per heavy atom. The molecule has 7 N–H and O–H groups in total. The molecule has 2 amide bonds. The van der Waals surface area contributed by atoms with E-state index in [0.717, 1.165) is 0 Å². The van der Waals surface area contributed by atoms with E-state index < -0.39 is 49.2 Å². The third kappa shape index (κ3) is 9.76. The number of rotatable bonds is 12. The van der Waals surface area contributed by atoms with Gasteiger partial charge in [0.05, 0.1) is 50.7 Å². The first-order valence-electron chi connectivity index (χ1n) is 11.2. The average molecular weight is 480 g/mol. The summed E-state index contributed by atoms with van der Waals surface area (Å²) in [5.74, 6) is -0.660. The van der Waals surface area contributed by atoms with Crippen LogP contribution in [0, 0.1) is 0 Å². The summed E-state index contributed by atoms with van der Waals surface area (Å²) in [5, 5.41) is 46.8. The van der Waals surface area contributed by atoms with Crippen LogP contribution in [0.25, 0.3) is 0 Å². The number of hydrogen-bond donors (Lipinski definition) is 7. The van der Waals surface area contributed by atoms with Crippen LogP contribution in [0.15, 0.2) is 0 Å². The maximum Gasteiger partial charge on any atom is 0.234 e. The molecule has 2 aliphatic heterocycles. The van der Waals surface area contributed by atoms with E-state index in [2.05, 4.69) is 16.0 Å². The van der Waals surface area contributed by atoms with Crippen molar-refractivity contribution in [2.45, 2.75) is 75.9 Å². The molecule has 2 heterocycles. The zero-order valence-corrected chi connectivity index (χ0v) is 19.0. The maximum atomic E-state index is 11.8. The number of nitrogens with one attached hydrogen (secondary N) is 3. The molecule has 33 heavy (non-hydrogen) atoms. The summed E-state index contributed by atoms with van der Waals surface area (Å²) >= 11 is 0. The molecule has 13 nitrogen and oxygen atoms in total. The first-order chi connectivity index (χ1) is 15.7. The molecule has 2 saturated heterocycles. The number of ether oxygens (including phenoxy) is 4. The molecule has 2 fully saturated rings. The minimum Gasteiger partial charge on any atom is -0.390 e. The lowest BCUT2D eigenvalue weighted by atomic mass is 10.0. The summed E-state index contributed by atoms with van der Waals surface area (Å²) in [6.45, 7) is 3.85. The fourth-order valence-electron chi connectivity index (χ4n) is 3.33. The molecule has 2 rings (SSSR count). The molecule has 0 aromatic heterocycles. The quantitative estimate of drug-likeness (QED) is 0.138. The molecular weight excluding hydrogens is 442 g/mol. The van der Waals surface area contributed by atoms with Crippen LogP contribution in [-0.4, -0.2) is 121 Å². The number of carbonyl (C=O) groups is 2. The van der Waals surface area contributed by atoms with Crippen molar-refractivity contribution >= 4 is 11.8 Å². The van der Waals surface area contributed by atoms with Crippen molar-refractivity contribution in [1.29, 1.82) is 0 Å². The molecule has 0 aromatic rings. The Balaban J connectivity index is 1.46. The highest BCUT2D eigenvalue weighted by atomic mass is 16.7. The highest BCUT2D eigenvalue weighted by molar-refractivity contribution is 5.81. The van der Waals surface area contributed by atoms with Gasteiger partial charge in [-0.2, -0.15) is 0 Å². The van der Waals surface area contributed by atoms with E-state index in [4.69, 9.17) is 18.9 Å². The molecule has 0 unspecified atom stereocenters. The zero-order chi connectivity index (χ0) is 24.4. The predicted molar refractivity (Wildman–Crippen MR) is 113 cm³/mol. The summed E-state index contributed by atoms with van der Waals surface area (Å²) < 4.78 is 21.5. The van der Waals surface area contributed by atoms with Crippen LogP contribution in [0.5, 0.6) is 0 Å². The van der Waals surface area contributed by atoms with Gasteiger partial charge in [-0.1, -0.05) is 0 Å². The van der Waals surface area contributed by atoms with Gasteiger partial charge < -0.3 is 50.0 Å². The molecular formula is C20H37N3O10. The van der Waals surface area contributed by atoms with E-state index in [-0.39, 0.29) is 64.0 Å². The van der Waals surface area contributed by atoms with Gasteiger partial charge in [-0.3, -0.25) is 14.9 Å². The Bertz CT molecular complexity index is 563. The predicted octanol–water partition coefficient (Wildman–Crippen LogP) is -3.44. The standard InChI is InChI=1S/C20H37N3O10/c1-11-13(24)7-15(26)19(32-11)30-5-3-22-17(28)9-21-10-18(29)23-4-6-31-20-16(27)8-14(25)12(2)33-20/h11-16,19-21,24-27H,3-10H2,1-2H3,(H,22,28)(H,23,29)/t11-,12-,13-,14-,15-,16-,19+,20+/m0/s1. The summed E-state index contributed by atoms with van der Waals surface area (Å²) in [6.07, 6.45) is -5.63. The number of hydrogen-bond acceptors (Lipinski definition) is 11. The van der Waals surface area contributed by atoms with Gasteiger partial charge >= 0.3 is 0 Å². The lowest BCUT2D eigenvalue weighted by molar-refractivity contribution is -0.260. The summed E-state index contributed by atoms with van der Waals surface area (Å²) in [4.78, 5) is 23.6. The first-order valence-corrected chi connectivity index (χ1v) is 11.2. The Hall–Kier alpha value is -1.42. The van der Waals surface area contributed by atoms with Gasteiger partial charge in [0.2, 0.25) is 11.8 Å². The lowest BCUT2D eigenvalue weighted by Gasteiger charge is -2.35. The molecule has 0 aliphatic carbocycles. The van der Waals surface area contributed by atoms with Gasteiger partial charge in [-0.05, 0) is 13.8 Å². The van der Waals surface area contributed by atoms with E-state index in [9.17, 15) is 30.0 Å². The Morgan fingerprint density at radius 3 is 1.55 bits per heavy atom. The fourth-order valence-corrected chi connectivity index (χ4v) is 3.33. The van der Waals surface area contributed by atoms with Gasteiger partial charge in [0.1, 0.15) is 12.2 Å². The van der Waals surface area contributed by atoms with Crippen molar-refractivity contribution < 1.29 is 49.0 Å². The lowest BCUT2D eigenvalue weighted by Crippen LogP contribution is -2.48. The highest BCUT2D eigenvalue weighted by Crippen LogP contribution is 2.21. The average Bonchev–Trinajstić information content (AvgIpc) is 2.75. The second-order valence-corrected chi connectivity index (χ2v) is 8.21. The zero-order valence-electron chi connectivity index (χ0n) is 19.0. The molecule has 2 aliphatic rings. The summed E-state index contributed by atoms with van der Waals surface area (Å²) in [6, 6.07) is 0. The summed E-state index contributed by atoms with van der Waals surface area (Å²) in [7, 11) is 0. The van der Waals surface area contributed by atoms with Crippen LogP contribution in [0.1, 0.15) is 26.7 Å². The number of aliphatic hydroxyl groups excluding tert-OH is 4. The van der Waals surface area contributed by atoms with Gasteiger partial charge in [-0.25, -0.2) is 0 Å². The van der Waals surface area contributed by atoms with E-state index in [0.29, 0.717) is 0 Å². The van der Waals surface area contributed by atoms with E-state index in [1.54, 1.807) is 13.8 Å². The van der Waals surface area contributed by atoms with Crippen molar-refractivity contribution in [3.8, 4) is 0 Å². The Labute approximate surface area is 192 Å². The topological polar surface area (TPSA) is 188 Å². The van der Waals surface area contributed by atoms with Crippen molar-refractivity contribution in [3.63, 3.8) is 0 Å². The number of aliphatic hydroxyl groups is 4. The third-order valence-corrected chi connectivity index (χ3v) is 5.36. The first kappa shape index (κ1) is 27.8. The Morgan fingerprint density at radius 1 is 0.758 bits per heavy atom. The Kier molecular flexibility index (Phi) is 11.9. The SMILES string of the molecule is C[C@@H]1O[C@@H](OCCNC(=O)CNCC(=O)NCCO[C@@H]2O[C@@H](C)[C@@H](O)C[C@@H]2O)[C@@H](O)C[C@@H]1O. The molecule has 0 spiro atoms. The molecule has 0 saturated carbocycles. The largest absolute Gasteiger partial charge is 0.390 e. The minimum absolute atomic E-state index is 0.0714. The molecule has 8 atom stereocenters. The van der Waals surface area contributed by atoms with Crippen molar-refractivity contribution in [1.82, 2.24) is 16.0 Å². The fraction of sp³-hybridized carbons (Fsp3) is 0.900.